The third-order valence-electron chi connectivity index (χ3n) is 3.74. The zero-order valence-corrected chi connectivity index (χ0v) is 12.7. The second-order valence-corrected chi connectivity index (χ2v) is 5.76. The number of carbonyl (C=O) groups is 1. The first-order valence-corrected chi connectivity index (χ1v) is 6.96. The molecule has 0 aromatic carbocycles. The van der Waals surface area contributed by atoms with Crippen molar-refractivity contribution in [1.29, 1.82) is 0 Å². The molecule has 0 bridgehead atoms. The minimum atomic E-state index is -4.62. The molecule has 4 nitrogen and oxygen atoms in total. The van der Waals surface area contributed by atoms with Crippen LogP contribution in [-0.4, -0.2) is 86.3 Å². The fourth-order valence-corrected chi connectivity index (χ4v) is 2.35. The minimum absolute atomic E-state index is 0.0303. The van der Waals surface area contributed by atoms with E-state index in [9.17, 15) is 22.4 Å². The van der Waals surface area contributed by atoms with Gasteiger partial charge in [-0.1, -0.05) is 0 Å². The number of nitrogens with zero attached hydrogens (tertiary/aromatic N) is 3. The fraction of sp³-hybridized carbons (Fsp3) is 0.923. The molecule has 0 atom stereocenters. The van der Waals surface area contributed by atoms with Gasteiger partial charge in [0.15, 0.2) is 0 Å². The summed E-state index contributed by atoms with van der Waals surface area (Å²) in [7, 11) is 5.38. The van der Waals surface area contributed by atoms with Crippen LogP contribution < -0.4 is 0 Å². The molecule has 0 aliphatic carbocycles. The van der Waals surface area contributed by atoms with E-state index in [0.717, 1.165) is 4.90 Å². The quantitative estimate of drug-likeness (QED) is 0.693. The first-order valence-electron chi connectivity index (χ1n) is 6.96. The first-order chi connectivity index (χ1) is 9.66. The van der Waals surface area contributed by atoms with Gasteiger partial charge in [-0.25, -0.2) is 8.78 Å². The highest BCUT2D eigenvalue weighted by Crippen LogP contribution is 2.28. The van der Waals surface area contributed by atoms with Gasteiger partial charge in [-0.3, -0.25) is 4.79 Å². The van der Waals surface area contributed by atoms with Gasteiger partial charge >= 0.3 is 12.3 Å². The molecule has 0 N–H and O–H groups in total. The van der Waals surface area contributed by atoms with Crippen LogP contribution in [0.3, 0.4) is 0 Å². The number of likely N-dealkylation sites (tertiary alicyclic amines) is 1. The Morgan fingerprint density at radius 1 is 1.24 bits per heavy atom. The molecule has 1 amide bonds. The number of alkyl halides is 4. The van der Waals surface area contributed by atoms with Crippen molar-refractivity contribution in [2.45, 2.75) is 31.2 Å². The molecule has 0 aromatic heterocycles. The molecule has 8 heteroatoms. The topological polar surface area (TPSA) is 26.8 Å². The van der Waals surface area contributed by atoms with Gasteiger partial charge in [0.2, 0.25) is 0 Å². The molecular formula is C13H23F4N3O. The Balaban J connectivity index is 2.83. The van der Waals surface area contributed by atoms with E-state index >= 15 is 0 Å². The van der Waals surface area contributed by atoms with Crippen molar-refractivity contribution in [2.75, 3.05) is 47.3 Å². The van der Waals surface area contributed by atoms with Gasteiger partial charge in [-0.2, -0.15) is 8.78 Å². The van der Waals surface area contributed by atoms with E-state index in [1.54, 1.807) is 19.0 Å². The van der Waals surface area contributed by atoms with E-state index in [1.807, 2.05) is 11.9 Å². The lowest BCUT2D eigenvalue weighted by molar-refractivity contribution is -0.183. The van der Waals surface area contributed by atoms with Gasteiger partial charge in [0, 0.05) is 19.1 Å². The van der Waals surface area contributed by atoms with E-state index in [-0.39, 0.29) is 6.54 Å². The number of carbonyl (C=O) groups excluding carboxylic acids is 1. The highest BCUT2D eigenvalue weighted by atomic mass is 19.3. The van der Waals surface area contributed by atoms with Crippen LogP contribution in [0.2, 0.25) is 0 Å². The summed E-state index contributed by atoms with van der Waals surface area (Å²) in [4.78, 5) is 16.6. The van der Waals surface area contributed by atoms with Crippen LogP contribution in [0.4, 0.5) is 17.6 Å². The van der Waals surface area contributed by atoms with Crippen molar-refractivity contribution in [3.63, 3.8) is 0 Å². The van der Waals surface area contributed by atoms with Crippen molar-refractivity contribution < 1.29 is 22.4 Å². The average Bonchev–Trinajstić information content (AvgIpc) is 2.40. The van der Waals surface area contributed by atoms with Crippen LogP contribution in [0, 0.1) is 0 Å². The summed E-state index contributed by atoms with van der Waals surface area (Å²) in [6, 6.07) is -0.404. The second kappa shape index (κ2) is 7.40. The smallest absolute Gasteiger partial charge is 0.333 e. The maximum absolute atomic E-state index is 13.4. The van der Waals surface area contributed by atoms with Gasteiger partial charge in [0.05, 0.1) is 0 Å². The van der Waals surface area contributed by atoms with E-state index in [2.05, 4.69) is 0 Å². The molecule has 1 rings (SSSR count). The van der Waals surface area contributed by atoms with Gasteiger partial charge in [0.1, 0.15) is 0 Å². The Kier molecular flexibility index (Phi) is 6.40. The average molecular weight is 313 g/mol. The number of piperidine rings is 1. The van der Waals surface area contributed by atoms with Crippen LogP contribution in [0.1, 0.15) is 12.8 Å². The zero-order chi connectivity index (χ0) is 16.2. The van der Waals surface area contributed by atoms with Gasteiger partial charge in [-0.15, -0.1) is 0 Å². The van der Waals surface area contributed by atoms with Gasteiger partial charge < -0.3 is 14.7 Å². The van der Waals surface area contributed by atoms with E-state index in [1.165, 1.54) is 0 Å². The molecule has 0 unspecified atom stereocenters. The van der Waals surface area contributed by atoms with Crippen LogP contribution in [0.5, 0.6) is 0 Å². The molecule has 0 spiro atoms. The summed E-state index contributed by atoms with van der Waals surface area (Å²) in [5.41, 5.74) is 0. The van der Waals surface area contributed by atoms with Crippen LogP contribution in [0.15, 0.2) is 0 Å². The number of amides is 1. The summed E-state index contributed by atoms with van der Waals surface area (Å²) in [6.45, 7) is 1.72. The predicted molar refractivity (Wildman–Crippen MR) is 71.7 cm³/mol. The summed E-state index contributed by atoms with van der Waals surface area (Å²) >= 11 is 0. The zero-order valence-electron chi connectivity index (χ0n) is 12.7. The summed E-state index contributed by atoms with van der Waals surface area (Å²) in [6.07, 6.45) is -2.93. The van der Waals surface area contributed by atoms with Crippen LogP contribution >= 0.6 is 0 Å². The molecule has 0 saturated carbocycles. The molecule has 124 valence electrons. The Morgan fingerprint density at radius 3 is 2.19 bits per heavy atom. The molecule has 1 saturated heterocycles. The number of rotatable bonds is 6. The Bertz CT molecular complexity index is 344. The number of hydrogen-bond acceptors (Lipinski definition) is 3. The number of likely N-dealkylation sites (N-methyl/N-ethyl adjacent to an activating group) is 1. The minimum Gasteiger partial charge on any atom is -0.333 e. The highest BCUT2D eigenvalue weighted by Gasteiger charge is 2.52. The van der Waals surface area contributed by atoms with Crippen molar-refractivity contribution >= 4 is 5.91 Å². The fourth-order valence-electron chi connectivity index (χ4n) is 2.35. The van der Waals surface area contributed by atoms with Gasteiger partial charge in [-0.05, 0) is 47.1 Å². The SMILES string of the molecule is CN(C)CCN(C(=O)C(F)(F)C(F)F)C1CCN(C)CC1. The first kappa shape index (κ1) is 18.2. The number of halogens is 4. The summed E-state index contributed by atoms with van der Waals surface area (Å²) in [5, 5.41) is 0. The highest BCUT2D eigenvalue weighted by molar-refractivity contribution is 5.84. The molecule has 21 heavy (non-hydrogen) atoms. The molecule has 1 aliphatic rings. The lowest BCUT2D eigenvalue weighted by Gasteiger charge is -2.39. The normalized spacial score (nSPS) is 18.5. The largest absolute Gasteiger partial charge is 0.383 e. The molecule has 1 fully saturated rings. The summed E-state index contributed by atoms with van der Waals surface area (Å²) < 4.78 is 51.6. The van der Waals surface area contributed by atoms with E-state index in [0.29, 0.717) is 32.5 Å². The third-order valence-corrected chi connectivity index (χ3v) is 3.74. The second-order valence-electron chi connectivity index (χ2n) is 5.76. The summed E-state index contributed by atoms with van der Waals surface area (Å²) in [5.74, 6) is -6.37. The van der Waals surface area contributed by atoms with E-state index < -0.39 is 24.3 Å². The number of hydrogen-bond donors (Lipinski definition) is 0. The molecular weight excluding hydrogens is 290 g/mol. The molecule has 0 aromatic rings. The maximum atomic E-state index is 13.4. The van der Waals surface area contributed by atoms with Crippen molar-refractivity contribution in [3.05, 3.63) is 0 Å². The Hall–Kier alpha value is -0.890. The van der Waals surface area contributed by atoms with Crippen LogP contribution in [-0.2, 0) is 4.79 Å². The predicted octanol–water partition coefficient (Wildman–Crippen LogP) is 1.37. The van der Waals surface area contributed by atoms with Crippen molar-refractivity contribution in [1.82, 2.24) is 14.7 Å². The Morgan fingerprint density at radius 2 is 1.76 bits per heavy atom. The molecule has 1 aliphatic heterocycles. The standard InChI is InChI=1S/C13H23F4N3O/c1-18(2)8-9-20(10-4-6-19(3)7-5-10)12(21)13(16,17)11(14)15/h10-11H,4-9H2,1-3H3. The molecule has 0 radical (unpaired) electrons. The Labute approximate surface area is 122 Å². The van der Waals surface area contributed by atoms with Crippen LogP contribution in [0.25, 0.3) is 0 Å². The lowest BCUT2D eigenvalue weighted by atomic mass is 10.0. The van der Waals surface area contributed by atoms with Crippen molar-refractivity contribution in [2.24, 2.45) is 0 Å². The molecule has 1 heterocycles. The maximum Gasteiger partial charge on any atom is 0.383 e. The van der Waals surface area contributed by atoms with Crippen molar-refractivity contribution in [3.8, 4) is 0 Å². The third kappa shape index (κ3) is 4.81. The van der Waals surface area contributed by atoms with Gasteiger partial charge in [0.25, 0.3) is 5.91 Å². The van der Waals surface area contributed by atoms with E-state index in [4.69, 9.17) is 0 Å². The monoisotopic (exact) mass is 313 g/mol. The lowest BCUT2D eigenvalue weighted by Crippen LogP contribution is -2.55.